The number of ether oxygens (including phenoxy) is 1. The van der Waals surface area contributed by atoms with Gasteiger partial charge in [0.1, 0.15) is 5.82 Å². The molecule has 0 atom stereocenters. The Hall–Kier alpha value is -8.31. The van der Waals surface area contributed by atoms with Crippen LogP contribution in [0.4, 0.5) is 0 Å². The van der Waals surface area contributed by atoms with Gasteiger partial charge in [-0.1, -0.05) is 182 Å². The Morgan fingerprint density at radius 3 is 1.83 bits per heavy atom. The Balaban J connectivity index is 0.00000651. The molecule has 4 aromatic heterocycles. The molecular weight excluding hydrogens is 1040 g/mol. The Morgan fingerprint density at radius 2 is 1.17 bits per heavy atom. The molecule has 0 N–H and O–H groups in total. The van der Waals surface area contributed by atoms with Crippen LogP contribution in [0.3, 0.4) is 0 Å². The van der Waals surface area contributed by atoms with Gasteiger partial charge in [-0.2, -0.15) is 12.1 Å². The summed E-state index contributed by atoms with van der Waals surface area (Å²) in [6, 6.07) is 49.7. The van der Waals surface area contributed by atoms with Gasteiger partial charge in [0.2, 0.25) is 0 Å². The molecule has 0 bridgehead atoms. The van der Waals surface area contributed by atoms with Crippen molar-refractivity contribution in [3.63, 3.8) is 0 Å². The van der Waals surface area contributed by atoms with Gasteiger partial charge in [-0.15, -0.1) is 24.3 Å². The second kappa shape index (κ2) is 17.6. The van der Waals surface area contributed by atoms with Crippen LogP contribution in [0.1, 0.15) is 40.4 Å². The number of nitrogens with zero attached hydrogens (tertiary/aromatic N) is 5. The van der Waals surface area contributed by atoms with Crippen molar-refractivity contribution in [2.75, 3.05) is 0 Å². The summed E-state index contributed by atoms with van der Waals surface area (Å²) < 4.78 is 111. The number of pyridine rings is 1. The molecule has 0 aliphatic heterocycles. The average Bonchev–Trinajstić information content (AvgIpc) is 4.23. The Kier molecular flexibility index (Phi) is 8.18. The third-order valence-corrected chi connectivity index (χ3v) is 12.6. The molecule has 13 aromatic rings. The van der Waals surface area contributed by atoms with E-state index in [9.17, 15) is 0 Å². The minimum absolute atomic E-state index is 0. The van der Waals surface area contributed by atoms with E-state index in [1.54, 1.807) is 45.7 Å². The van der Waals surface area contributed by atoms with Gasteiger partial charge in [0, 0.05) is 56.4 Å². The molecule has 4 heterocycles. The normalized spacial score (nSPS) is 13.9. The fraction of sp³-hybridized carbons (Fsp3) is 0.0476. The van der Waals surface area contributed by atoms with Crippen LogP contribution in [0.5, 0.6) is 11.5 Å². The van der Waals surface area contributed by atoms with Crippen molar-refractivity contribution in [2.24, 2.45) is 0 Å². The van der Waals surface area contributed by atoms with Crippen LogP contribution in [-0.4, -0.2) is 18.7 Å². The molecule has 13 rings (SSSR count). The number of rotatable bonds is 9. The van der Waals surface area contributed by atoms with E-state index in [4.69, 9.17) is 24.8 Å². The summed E-state index contributed by atoms with van der Waals surface area (Å²) in [6.45, 7) is 3.70. The zero-order valence-electron chi connectivity index (χ0n) is 48.5. The molecule has 0 spiro atoms. The van der Waals surface area contributed by atoms with Gasteiger partial charge < -0.3 is 18.4 Å². The van der Waals surface area contributed by atoms with Crippen molar-refractivity contribution in [1.29, 1.82) is 0 Å². The first kappa shape index (κ1) is 32.4. The Labute approximate surface area is 435 Å². The molecule has 0 fully saturated rings. The molecule has 6 nitrogen and oxygen atoms in total. The summed E-state index contributed by atoms with van der Waals surface area (Å²) in [5, 5.41) is 4.01. The van der Waals surface area contributed by atoms with Gasteiger partial charge in [-0.25, -0.2) is 4.98 Å². The predicted molar refractivity (Wildman–Crippen MR) is 279 cm³/mol. The van der Waals surface area contributed by atoms with Gasteiger partial charge in [0.05, 0.1) is 41.5 Å². The molecule has 7 heteroatoms. The maximum absolute atomic E-state index is 9.10. The average molecular weight is 1090 g/mol. The molecule has 338 valence electrons. The summed E-state index contributed by atoms with van der Waals surface area (Å²) in [6.07, 6.45) is 5.17. The Bertz CT molecular complexity index is 4580. The van der Waals surface area contributed by atoms with Crippen LogP contribution in [0, 0.1) is 18.5 Å². The number of fused-ring (bicyclic) bond motifs is 7. The largest absolute Gasteiger partial charge is 0.510 e. The number of benzene rings is 9. The van der Waals surface area contributed by atoms with Crippen molar-refractivity contribution in [3.8, 4) is 56.6 Å². The fourth-order valence-electron chi connectivity index (χ4n) is 9.58. The molecule has 9 aromatic carbocycles. The number of hydrogen-bond acceptors (Lipinski definition) is 2. The molecule has 0 aliphatic rings. The standard InChI is InChI=1S/C63H43N5O.Pt/c1-42(2)45-35-36-64-61(37-45)68-56-32-14-11-27-53(56)62-59(67-54-30-12-9-25-51(54)52-26-10-13-31-55(52)67)39-48(40-60(62)68)69-47-24-17-23-46(38-47)65-41-66(58-34-16-15-33-57(58)65)63-49(43-19-5-3-6-20-43)28-18-29-50(63)44-21-7-4-8-22-44;/h3-37,39,42H,1-2H3;/q-2;/i3D,4D,5D,6D,7D,8D,19D,20D,21D,22D,42D;. The number of hydrogen-bond donors (Lipinski definition) is 0. The van der Waals surface area contributed by atoms with Gasteiger partial charge in [0.25, 0.3) is 6.33 Å². The third-order valence-electron chi connectivity index (χ3n) is 12.6. The smallest absolute Gasteiger partial charge is 0.268 e. The van der Waals surface area contributed by atoms with Crippen molar-refractivity contribution in [2.45, 2.75) is 19.7 Å². The van der Waals surface area contributed by atoms with Crippen LogP contribution in [0.25, 0.3) is 99.8 Å². The van der Waals surface area contributed by atoms with Gasteiger partial charge in [-0.05, 0) is 80.8 Å². The molecular formula is C63H43N5OPt-2. The topological polar surface area (TPSA) is 40.8 Å². The second-order valence-corrected chi connectivity index (χ2v) is 16.8. The zero-order chi connectivity index (χ0) is 55.6. The molecule has 0 amide bonds. The quantitative estimate of drug-likeness (QED) is 0.107. The summed E-state index contributed by atoms with van der Waals surface area (Å²) in [5.74, 6) is 0.361. The van der Waals surface area contributed by atoms with E-state index in [0.717, 1.165) is 49.3 Å². The number of imidazole rings is 1. The first-order chi connectivity index (χ1) is 38.5. The van der Waals surface area contributed by atoms with E-state index in [1.165, 1.54) is 0 Å². The Morgan fingerprint density at radius 1 is 0.586 bits per heavy atom. The van der Waals surface area contributed by atoms with Crippen molar-refractivity contribution in [3.05, 3.63) is 242 Å². The maximum Gasteiger partial charge on any atom is 0.268 e. The molecule has 0 radical (unpaired) electrons. The van der Waals surface area contributed by atoms with E-state index in [0.29, 0.717) is 39.6 Å². The maximum atomic E-state index is 9.10. The van der Waals surface area contributed by atoms with Crippen LogP contribution in [0.15, 0.2) is 218 Å². The third kappa shape index (κ3) is 7.14. The SMILES string of the molecule is [2H]c1c([2H])c([2H])c(-c2cccc(-c3c([2H])c([2H])c([2H])c([2H])c3[2H])c2-[n+]2[c-]n(-c3[c-]c(Oc4[c-]c5c(c(-n6c7ccccc7c7ccccc76)c4)c4ccccc4n5-c4cc(C([2H])(C)C)ccn4)ccc3)c3ccccc32)c([2H])c1[2H].[Pt]. The van der Waals surface area contributed by atoms with Crippen LogP contribution >= 0.6 is 0 Å². The van der Waals surface area contributed by atoms with Crippen LogP contribution in [0.2, 0.25) is 0 Å². The first-order valence-electron chi connectivity index (χ1n) is 27.9. The summed E-state index contributed by atoms with van der Waals surface area (Å²) >= 11 is 0. The van der Waals surface area contributed by atoms with E-state index in [-0.39, 0.29) is 49.0 Å². The monoisotopic (exact) mass is 1090 g/mol. The summed E-state index contributed by atoms with van der Waals surface area (Å²) in [4.78, 5) is 4.89. The van der Waals surface area contributed by atoms with Crippen LogP contribution < -0.4 is 9.30 Å². The zero-order valence-corrected chi connectivity index (χ0v) is 39.7. The number of aromatic nitrogens is 5. The summed E-state index contributed by atoms with van der Waals surface area (Å²) in [5.41, 5.74) is 6.79. The van der Waals surface area contributed by atoms with E-state index < -0.39 is 66.3 Å². The molecule has 0 saturated heterocycles. The fourth-order valence-corrected chi connectivity index (χ4v) is 9.58. The minimum Gasteiger partial charge on any atom is -0.510 e. The minimum atomic E-state index is -0.911. The van der Waals surface area contributed by atoms with Gasteiger partial charge in [0.15, 0.2) is 0 Å². The molecule has 0 saturated carbocycles. The molecule has 0 unspecified atom stereocenters. The van der Waals surface area contributed by atoms with Crippen molar-refractivity contribution < 1.29 is 45.4 Å². The van der Waals surface area contributed by atoms with Gasteiger partial charge in [-0.3, -0.25) is 4.57 Å². The van der Waals surface area contributed by atoms with Gasteiger partial charge >= 0.3 is 0 Å². The summed E-state index contributed by atoms with van der Waals surface area (Å²) in [7, 11) is 0. The van der Waals surface area contributed by atoms with Crippen molar-refractivity contribution >= 4 is 54.6 Å². The predicted octanol–water partition coefficient (Wildman–Crippen LogP) is 15.1. The second-order valence-electron chi connectivity index (χ2n) is 16.8. The molecule has 70 heavy (non-hydrogen) atoms. The number of para-hydroxylation sites is 6. The van der Waals surface area contributed by atoms with Crippen molar-refractivity contribution in [1.82, 2.24) is 18.7 Å². The first-order valence-corrected chi connectivity index (χ1v) is 22.4. The van der Waals surface area contributed by atoms with E-state index >= 15 is 0 Å². The van der Waals surface area contributed by atoms with E-state index in [2.05, 4.69) is 64.0 Å². The molecule has 0 aliphatic carbocycles. The van der Waals surface area contributed by atoms with E-state index in [1.807, 2.05) is 98.8 Å². The van der Waals surface area contributed by atoms with Crippen LogP contribution in [-0.2, 0) is 21.1 Å².